The number of sulfonamides is 1. The minimum absolute atomic E-state index is 0.0428. The molecule has 148 valence electrons. The van der Waals surface area contributed by atoms with Crippen molar-refractivity contribution < 1.29 is 27.6 Å². The highest BCUT2D eigenvalue weighted by Crippen LogP contribution is 2.33. The average Bonchev–Trinajstić information content (AvgIpc) is 2.69. The van der Waals surface area contributed by atoms with Gasteiger partial charge in [-0.15, -0.1) is 0 Å². The van der Waals surface area contributed by atoms with Crippen LogP contribution < -0.4 is 4.74 Å². The molecule has 0 aliphatic carbocycles. The van der Waals surface area contributed by atoms with Crippen LogP contribution in [-0.4, -0.2) is 49.7 Å². The number of nitro groups is 1. The van der Waals surface area contributed by atoms with E-state index in [1.165, 1.54) is 47.6 Å². The maximum atomic E-state index is 12.6. The van der Waals surface area contributed by atoms with Gasteiger partial charge in [-0.2, -0.15) is 4.31 Å². The van der Waals surface area contributed by atoms with Gasteiger partial charge in [0.2, 0.25) is 15.8 Å². The molecule has 3 rings (SSSR count). The van der Waals surface area contributed by atoms with E-state index in [9.17, 15) is 23.3 Å². The van der Waals surface area contributed by atoms with Crippen LogP contribution in [0.3, 0.4) is 0 Å². The molecular formula is C18H18N2O7S. The molecule has 2 aromatic carbocycles. The first kappa shape index (κ1) is 19.9. The van der Waals surface area contributed by atoms with Crippen LogP contribution in [-0.2, 0) is 14.8 Å². The molecule has 1 aliphatic rings. The summed E-state index contributed by atoms with van der Waals surface area (Å²) in [6, 6.07) is 9.54. The van der Waals surface area contributed by atoms with Crippen LogP contribution in [0.15, 0.2) is 47.4 Å². The molecular weight excluding hydrogens is 388 g/mol. The lowest BCUT2D eigenvalue weighted by Crippen LogP contribution is -2.40. The molecule has 2 aromatic rings. The van der Waals surface area contributed by atoms with Crippen molar-refractivity contribution >= 4 is 21.5 Å². The smallest absolute Gasteiger partial charge is 0.312 e. The first-order valence-electron chi connectivity index (χ1n) is 8.44. The molecule has 1 saturated heterocycles. The van der Waals surface area contributed by atoms with E-state index < -0.39 is 14.9 Å². The Morgan fingerprint density at radius 2 is 1.79 bits per heavy atom. The Morgan fingerprint density at radius 1 is 1.14 bits per heavy atom. The van der Waals surface area contributed by atoms with Gasteiger partial charge in [-0.1, -0.05) is 0 Å². The number of ketones is 1. The number of hydrogen-bond donors (Lipinski definition) is 0. The van der Waals surface area contributed by atoms with Crippen LogP contribution in [0.2, 0.25) is 0 Å². The Bertz CT molecular complexity index is 997. The molecule has 1 heterocycles. The third-order valence-corrected chi connectivity index (χ3v) is 6.13. The molecule has 9 nitrogen and oxygen atoms in total. The zero-order chi connectivity index (χ0) is 20.3. The van der Waals surface area contributed by atoms with E-state index >= 15 is 0 Å². The maximum absolute atomic E-state index is 12.6. The monoisotopic (exact) mass is 406 g/mol. The summed E-state index contributed by atoms with van der Waals surface area (Å²) in [5.41, 5.74) is -0.149. The molecule has 0 bridgehead atoms. The van der Waals surface area contributed by atoms with Crippen molar-refractivity contribution in [3.05, 3.63) is 58.1 Å². The highest BCUT2D eigenvalue weighted by Gasteiger charge is 2.26. The maximum Gasteiger partial charge on any atom is 0.312 e. The van der Waals surface area contributed by atoms with E-state index in [1.54, 1.807) is 0 Å². The van der Waals surface area contributed by atoms with Gasteiger partial charge in [0.1, 0.15) is 5.75 Å². The number of nitro benzene ring substituents is 1. The largest absolute Gasteiger partial charge is 0.450 e. The van der Waals surface area contributed by atoms with Crippen molar-refractivity contribution in [2.75, 3.05) is 26.3 Å². The van der Waals surface area contributed by atoms with Crippen molar-refractivity contribution in [3.63, 3.8) is 0 Å². The minimum Gasteiger partial charge on any atom is -0.450 e. The number of ether oxygens (including phenoxy) is 2. The van der Waals surface area contributed by atoms with E-state index in [2.05, 4.69) is 0 Å². The van der Waals surface area contributed by atoms with Crippen molar-refractivity contribution in [2.45, 2.75) is 11.8 Å². The summed E-state index contributed by atoms with van der Waals surface area (Å²) in [6.45, 7) is 2.58. The highest BCUT2D eigenvalue weighted by atomic mass is 32.2. The average molecular weight is 406 g/mol. The van der Waals surface area contributed by atoms with Crippen LogP contribution in [0, 0.1) is 10.1 Å². The number of Topliss-reactive ketones (excluding diaryl/α,β-unsaturated/α-hetero) is 1. The van der Waals surface area contributed by atoms with E-state index in [0.29, 0.717) is 13.2 Å². The number of carbonyl (C=O) groups excluding carboxylic acids is 1. The molecule has 0 radical (unpaired) electrons. The second-order valence-corrected chi connectivity index (χ2v) is 8.02. The van der Waals surface area contributed by atoms with Gasteiger partial charge in [-0.25, -0.2) is 8.42 Å². The van der Waals surface area contributed by atoms with Crippen LogP contribution >= 0.6 is 0 Å². The highest BCUT2D eigenvalue weighted by molar-refractivity contribution is 7.89. The van der Waals surface area contributed by atoms with Gasteiger partial charge in [0.25, 0.3) is 0 Å². The lowest BCUT2D eigenvalue weighted by atomic mass is 10.1. The van der Waals surface area contributed by atoms with Crippen molar-refractivity contribution in [1.82, 2.24) is 4.31 Å². The third kappa shape index (κ3) is 4.19. The van der Waals surface area contributed by atoms with Crippen LogP contribution in [0.4, 0.5) is 5.69 Å². The summed E-state index contributed by atoms with van der Waals surface area (Å²) in [7, 11) is -3.64. The van der Waals surface area contributed by atoms with E-state index in [1.807, 2.05) is 0 Å². The Hall–Kier alpha value is -2.82. The lowest BCUT2D eigenvalue weighted by Gasteiger charge is -2.26. The van der Waals surface area contributed by atoms with Gasteiger partial charge in [0, 0.05) is 24.7 Å². The predicted octanol–water partition coefficient (Wildman–Crippen LogP) is 2.61. The summed E-state index contributed by atoms with van der Waals surface area (Å²) in [5.74, 6) is -0.106. The fourth-order valence-corrected chi connectivity index (χ4v) is 4.12. The molecule has 0 spiro atoms. The fraction of sp³-hybridized carbons (Fsp3) is 0.278. The summed E-state index contributed by atoms with van der Waals surface area (Å²) >= 11 is 0. The van der Waals surface area contributed by atoms with Crippen LogP contribution in [0.5, 0.6) is 11.5 Å². The van der Waals surface area contributed by atoms with Gasteiger partial charge >= 0.3 is 5.69 Å². The van der Waals surface area contributed by atoms with Crippen molar-refractivity contribution in [1.29, 1.82) is 0 Å². The minimum atomic E-state index is -3.64. The molecule has 0 unspecified atom stereocenters. The Kier molecular flexibility index (Phi) is 5.73. The first-order chi connectivity index (χ1) is 13.3. The first-order valence-corrected chi connectivity index (χ1v) is 9.88. The van der Waals surface area contributed by atoms with Crippen LogP contribution in [0.1, 0.15) is 17.3 Å². The molecule has 0 saturated carbocycles. The Morgan fingerprint density at radius 3 is 2.36 bits per heavy atom. The van der Waals surface area contributed by atoms with E-state index in [-0.39, 0.29) is 46.5 Å². The van der Waals surface area contributed by atoms with Gasteiger partial charge in [0.15, 0.2) is 5.78 Å². The number of nitrogens with zero attached hydrogens (tertiary/aromatic N) is 2. The third-order valence-electron chi connectivity index (χ3n) is 4.22. The number of morpholine rings is 1. The zero-order valence-electron chi connectivity index (χ0n) is 15.0. The predicted molar refractivity (Wildman–Crippen MR) is 99.2 cm³/mol. The molecule has 0 atom stereocenters. The fourth-order valence-electron chi connectivity index (χ4n) is 2.71. The lowest BCUT2D eigenvalue weighted by molar-refractivity contribution is -0.385. The summed E-state index contributed by atoms with van der Waals surface area (Å²) < 4.78 is 37.3. The van der Waals surface area contributed by atoms with Crippen molar-refractivity contribution in [3.8, 4) is 11.5 Å². The molecule has 1 fully saturated rings. The molecule has 28 heavy (non-hydrogen) atoms. The van der Waals surface area contributed by atoms with Gasteiger partial charge in [-0.05, 0) is 43.3 Å². The Labute approximate surface area is 161 Å². The summed E-state index contributed by atoms with van der Waals surface area (Å²) in [4.78, 5) is 22.1. The molecule has 10 heteroatoms. The Balaban J connectivity index is 1.83. The van der Waals surface area contributed by atoms with Gasteiger partial charge in [-0.3, -0.25) is 14.9 Å². The summed E-state index contributed by atoms with van der Waals surface area (Å²) in [5, 5.41) is 11.3. The normalized spacial score (nSPS) is 15.2. The quantitative estimate of drug-likeness (QED) is 0.411. The van der Waals surface area contributed by atoms with Gasteiger partial charge in [0.05, 0.1) is 23.0 Å². The summed E-state index contributed by atoms with van der Waals surface area (Å²) in [6.07, 6.45) is 0. The second kappa shape index (κ2) is 8.05. The van der Waals surface area contributed by atoms with E-state index in [0.717, 1.165) is 6.07 Å². The molecule has 0 N–H and O–H groups in total. The molecule has 0 amide bonds. The van der Waals surface area contributed by atoms with Crippen LogP contribution in [0.25, 0.3) is 0 Å². The number of hydrogen-bond acceptors (Lipinski definition) is 7. The zero-order valence-corrected chi connectivity index (χ0v) is 15.8. The van der Waals surface area contributed by atoms with E-state index in [4.69, 9.17) is 9.47 Å². The topological polar surface area (TPSA) is 116 Å². The van der Waals surface area contributed by atoms with Gasteiger partial charge < -0.3 is 9.47 Å². The second-order valence-electron chi connectivity index (χ2n) is 6.09. The molecule has 0 aromatic heterocycles. The molecule has 1 aliphatic heterocycles. The standard InChI is InChI=1S/C18H18N2O7S/c1-13(21)14-2-7-18(17(12-14)20(22)23)27-15-3-5-16(6-4-15)28(24,25)19-8-10-26-11-9-19/h2-7,12H,8-11H2,1H3. The number of rotatable bonds is 6. The number of carbonyl (C=O) groups is 1. The number of benzene rings is 2. The SMILES string of the molecule is CC(=O)c1ccc(Oc2ccc(S(=O)(=O)N3CCOCC3)cc2)c([N+](=O)[O-])c1. The van der Waals surface area contributed by atoms with Crippen molar-refractivity contribution in [2.24, 2.45) is 0 Å².